The fraction of sp³-hybridized carbons (Fsp3) is 0.917. The summed E-state index contributed by atoms with van der Waals surface area (Å²) in [5, 5.41) is 0. The Balaban J connectivity index is 2.49. The normalized spacial score (nSPS) is 22.4. The van der Waals surface area contributed by atoms with Crippen LogP contribution in [0.2, 0.25) is 0 Å². The van der Waals surface area contributed by atoms with Gasteiger partial charge in [-0.1, -0.05) is 40.5 Å². The number of ether oxygens (including phenoxy) is 1. The van der Waals surface area contributed by atoms with Crippen molar-refractivity contribution in [1.29, 1.82) is 0 Å². The lowest BCUT2D eigenvalue weighted by Gasteiger charge is -2.32. The van der Waals surface area contributed by atoms with E-state index < -0.39 is 6.29 Å². The van der Waals surface area contributed by atoms with Gasteiger partial charge < -0.3 is 4.74 Å². The van der Waals surface area contributed by atoms with Gasteiger partial charge >= 0.3 is 5.97 Å². The van der Waals surface area contributed by atoms with Gasteiger partial charge in [0.2, 0.25) is 0 Å². The van der Waals surface area contributed by atoms with Gasteiger partial charge in [-0.15, -0.1) is 0 Å². The van der Waals surface area contributed by atoms with Gasteiger partial charge in [0, 0.05) is 0 Å². The van der Waals surface area contributed by atoms with Crippen LogP contribution in [0.5, 0.6) is 0 Å². The summed E-state index contributed by atoms with van der Waals surface area (Å²) in [6.45, 7) is 8.65. The molecule has 0 radical (unpaired) electrons. The van der Waals surface area contributed by atoms with Crippen LogP contribution in [-0.4, -0.2) is 18.9 Å². The van der Waals surface area contributed by atoms with Gasteiger partial charge in [0.1, 0.15) is 6.61 Å². The summed E-state index contributed by atoms with van der Waals surface area (Å²) >= 11 is 0. The Morgan fingerprint density at radius 2 is 2.12 bits per heavy atom. The highest BCUT2D eigenvalue weighted by Gasteiger charge is 2.35. The highest BCUT2D eigenvalue weighted by Crippen LogP contribution is 2.32. The van der Waals surface area contributed by atoms with E-state index in [9.17, 15) is 4.79 Å². The van der Waals surface area contributed by atoms with Crippen molar-refractivity contribution in [2.24, 2.45) is 11.3 Å². The molecule has 0 saturated carbocycles. The molecular formula is C12H22O4. The highest BCUT2D eigenvalue weighted by atomic mass is 17.3. The summed E-state index contributed by atoms with van der Waals surface area (Å²) in [5.74, 6) is -0.245. The van der Waals surface area contributed by atoms with Crippen LogP contribution >= 0.6 is 0 Å². The third kappa shape index (κ3) is 3.76. The second-order valence-electron chi connectivity index (χ2n) is 5.31. The summed E-state index contributed by atoms with van der Waals surface area (Å²) in [6, 6.07) is 0. The number of carbonyl (C=O) groups excluding carboxylic acids is 1. The van der Waals surface area contributed by atoms with Gasteiger partial charge in [-0.3, -0.25) is 4.79 Å². The first-order chi connectivity index (χ1) is 7.45. The van der Waals surface area contributed by atoms with Crippen molar-refractivity contribution in [3.63, 3.8) is 0 Å². The lowest BCUT2D eigenvalue weighted by Crippen LogP contribution is -2.40. The zero-order chi connectivity index (χ0) is 12.2. The standard InChI is InChI=1S/C12H22O4/c1-5-6-7-9(12(2,3)4)11(13)15-10-8-14-16-10/h9-10H,5-8H2,1-4H3. The average molecular weight is 230 g/mol. The zero-order valence-corrected chi connectivity index (χ0v) is 10.6. The molecule has 0 aromatic rings. The topological polar surface area (TPSA) is 44.8 Å². The molecule has 1 aliphatic heterocycles. The molecule has 2 atom stereocenters. The average Bonchev–Trinajstić information content (AvgIpc) is 2.10. The summed E-state index contributed by atoms with van der Waals surface area (Å²) in [4.78, 5) is 21.1. The second kappa shape index (κ2) is 5.64. The Morgan fingerprint density at radius 3 is 2.50 bits per heavy atom. The quantitative estimate of drug-likeness (QED) is 0.538. The Hall–Kier alpha value is -0.610. The number of hydrogen-bond donors (Lipinski definition) is 0. The fourth-order valence-electron chi connectivity index (χ4n) is 1.70. The minimum atomic E-state index is -0.501. The van der Waals surface area contributed by atoms with E-state index in [2.05, 4.69) is 37.5 Å². The van der Waals surface area contributed by atoms with E-state index in [1.54, 1.807) is 0 Å². The van der Waals surface area contributed by atoms with E-state index in [4.69, 9.17) is 4.74 Å². The van der Waals surface area contributed by atoms with Crippen LogP contribution in [0.25, 0.3) is 0 Å². The Kier molecular flexibility index (Phi) is 4.74. The molecule has 0 aromatic heterocycles. The second-order valence-corrected chi connectivity index (χ2v) is 5.31. The molecule has 1 heterocycles. The Labute approximate surface area is 97.2 Å². The third-order valence-electron chi connectivity index (χ3n) is 2.80. The predicted molar refractivity (Wildman–Crippen MR) is 59.4 cm³/mol. The Bertz CT molecular complexity index is 228. The van der Waals surface area contributed by atoms with Crippen molar-refractivity contribution < 1.29 is 19.3 Å². The van der Waals surface area contributed by atoms with Gasteiger partial charge in [0.15, 0.2) is 0 Å². The van der Waals surface area contributed by atoms with Crippen molar-refractivity contribution in [2.75, 3.05) is 6.61 Å². The molecule has 16 heavy (non-hydrogen) atoms. The number of unbranched alkanes of at least 4 members (excludes halogenated alkanes) is 1. The molecule has 4 heteroatoms. The number of rotatable bonds is 5. The molecule has 0 aliphatic carbocycles. The molecule has 1 aliphatic rings. The summed E-state index contributed by atoms with van der Waals surface area (Å²) in [5.41, 5.74) is -0.0726. The van der Waals surface area contributed by atoms with Crippen LogP contribution in [0.3, 0.4) is 0 Å². The van der Waals surface area contributed by atoms with E-state index in [0.717, 1.165) is 19.3 Å². The van der Waals surface area contributed by atoms with Crippen molar-refractivity contribution >= 4 is 5.97 Å². The summed E-state index contributed by atoms with van der Waals surface area (Å²) in [7, 11) is 0. The molecule has 0 N–H and O–H groups in total. The van der Waals surface area contributed by atoms with E-state index in [1.807, 2.05) is 0 Å². The van der Waals surface area contributed by atoms with Crippen molar-refractivity contribution in [2.45, 2.75) is 53.2 Å². The van der Waals surface area contributed by atoms with E-state index >= 15 is 0 Å². The van der Waals surface area contributed by atoms with Crippen LogP contribution < -0.4 is 0 Å². The molecule has 1 rings (SSSR count). The largest absolute Gasteiger partial charge is 0.430 e. The first kappa shape index (κ1) is 13.5. The van der Waals surface area contributed by atoms with Crippen LogP contribution in [0.1, 0.15) is 47.0 Å². The van der Waals surface area contributed by atoms with Crippen molar-refractivity contribution in [3.8, 4) is 0 Å². The molecule has 94 valence electrons. The summed E-state index contributed by atoms with van der Waals surface area (Å²) in [6.07, 6.45) is 2.49. The molecule has 1 saturated heterocycles. The number of carbonyl (C=O) groups is 1. The Morgan fingerprint density at radius 1 is 1.50 bits per heavy atom. The molecule has 0 bridgehead atoms. The maximum atomic E-state index is 11.9. The van der Waals surface area contributed by atoms with E-state index in [1.165, 1.54) is 0 Å². The predicted octanol–water partition coefficient (Wildman–Crippen LogP) is 2.67. The van der Waals surface area contributed by atoms with E-state index in [-0.39, 0.29) is 17.3 Å². The molecule has 0 aromatic carbocycles. The molecule has 4 nitrogen and oxygen atoms in total. The SMILES string of the molecule is CCCCC(C(=O)OC1COO1)C(C)(C)C. The minimum absolute atomic E-state index is 0.0725. The monoisotopic (exact) mass is 230 g/mol. The van der Waals surface area contributed by atoms with Crippen LogP contribution in [0.15, 0.2) is 0 Å². The fourth-order valence-corrected chi connectivity index (χ4v) is 1.70. The van der Waals surface area contributed by atoms with Gasteiger partial charge in [-0.05, 0) is 11.8 Å². The number of hydrogen-bond acceptors (Lipinski definition) is 4. The first-order valence-electron chi connectivity index (χ1n) is 5.94. The van der Waals surface area contributed by atoms with Gasteiger partial charge in [-0.25, -0.2) is 4.89 Å². The van der Waals surface area contributed by atoms with Crippen LogP contribution in [0.4, 0.5) is 0 Å². The van der Waals surface area contributed by atoms with Gasteiger partial charge in [0.05, 0.1) is 5.92 Å². The van der Waals surface area contributed by atoms with Gasteiger partial charge in [0.25, 0.3) is 6.29 Å². The van der Waals surface area contributed by atoms with E-state index in [0.29, 0.717) is 6.61 Å². The maximum absolute atomic E-state index is 11.9. The minimum Gasteiger partial charge on any atom is -0.430 e. The molecule has 2 unspecified atom stereocenters. The van der Waals surface area contributed by atoms with Crippen molar-refractivity contribution in [1.82, 2.24) is 0 Å². The lowest BCUT2D eigenvalue weighted by atomic mass is 9.78. The zero-order valence-electron chi connectivity index (χ0n) is 10.6. The molecule has 0 amide bonds. The lowest BCUT2D eigenvalue weighted by molar-refractivity contribution is -0.473. The smallest absolute Gasteiger partial charge is 0.311 e. The molecule has 0 spiro atoms. The molecular weight excluding hydrogens is 208 g/mol. The van der Waals surface area contributed by atoms with Crippen molar-refractivity contribution in [3.05, 3.63) is 0 Å². The van der Waals surface area contributed by atoms with Crippen LogP contribution in [0, 0.1) is 11.3 Å². The van der Waals surface area contributed by atoms with Crippen LogP contribution in [-0.2, 0) is 19.3 Å². The first-order valence-corrected chi connectivity index (χ1v) is 5.94. The summed E-state index contributed by atoms with van der Waals surface area (Å²) < 4.78 is 5.19. The highest BCUT2D eigenvalue weighted by molar-refractivity contribution is 5.73. The van der Waals surface area contributed by atoms with Gasteiger partial charge in [-0.2, -0.15) is 4.89 Å². The third-order valence-corrected chi connectivity index (χ3v) is 2.80. The molecule has 1 fully saturated rings. The maximum Gasteiger partial charge on any atom is 0.311 e. The number of esters is 1.